The highest BCUT2D eigenvalue weighted by atomic mass is 32.1. The van der Waals surface area contributed by atoms with Gasteiger partial charge < -0.3 is 15.2 Å². The van der Waals surface area contributed by atoms with Crippen LogP contribution in [0.3, 0.4) is 0 Å². The van der Waals surface area contributed by atoms with Gasteiger partial charge in [0.05, 0.1) is 12.9 Å². The molecule has 0 radical (unpaired) electrons. The summed E-state index contributed by atoms with van der Waals surface area (Å²) in [7, 11) is 1.79. The first kappa shape index (κ1) is 17.2. The summed E-state index contributed by atoms with van der Waals surface area (Å²) in [6.07, 6.45) is 5.61. The third kappa shape index (κ3) is 5.19. The zero-order valence-electron chi connectivity index (χ0n) is 14.6. The molecule has 0 saturated heterocycles. The van der Waals surface area contributed by atoms with Crippen LogP contribution in [0.1, 0.15) is 20.9 Å². The maximum absolute atomic E-state index is 4.28. The van der Waals surface area contributed by atoms with E-state index in [2.05, 4.69) is 68.5 Å². The average molecular weight is 353 g/mol. The second kappa shape index (κ2) is 8.48. The van der Waals surface area contributed by atoms with Gasteiger partial charge in [0.2, 0.25) is 0 Å². The number of hydrogen-bond donors (Lipinski definition) is 2. The van der Waals surface area contributed by atoms with Crippen LogP contribution < -0.4 is 10.6 Å². The molecule has 1 aromatic carbocycles. The van der Waals surface area contributed by atoms with E-state index in [9.17, 15) is 0 Å². The number of hydrogen-bond acceptors (Lipinski definition) is 3. The zero-order chi connectivity index (χ0) is 17.5. The summed E-state index contributed by atoms with van der Waals surface area (Å²) in [5, 5.41) is 6.71. The summed E-state index contributed by atoms with van der Waals surface area (Å²) in [6.45, 7) is 4.51. The molecule has 0 aliphatic rings. The van der Waals surface area contributed by atoms with Gasteiger partial charge in [0.25, 0.3) is 0 Å². The van der Waals surface area contributed by atoms with Gasteiger partial charge in [-0.2, -0.15) is 0 Å². The van der Waals surface area contributed by atoms with Crippen LogP contribution in [0.5, 0.6) is 0 Å². The quantitative estimate of drug-likeness (QED) is 0.529. The summed E-state index contributed by atoms with van der Waals surface area (Å²) in [5.41, 5.74) is 2.49. The van der Waals surface area contributed by atoms with Gasteiger partial charge in [-0.1, -0.05) is 24.3 Å². The standard InChI is InChI=1S/C19H23N5S/c1-15-3-8-18(25-15)12-23-19(20-2)22-11-16-4-6-17(7-5-16)13-24-10-9-21-14-24/h3-10,14H,11-13H2,1-2H3,(H2,20,22,23). The van der Waals surface area contributed by atoms with E-state index >= 15 is 0 Å². The van der Waals surface area contributed by atoms with E-state index in [0.717, 1.165) is 25.6 Å². The molecule has 2 N–H and O–H groups in total. The van der Waals surface area contributed by atoms with Crippen LogP contribution in [0.2, 0.25) is 0 Å². The van der Waals surface area contributed by atoms with E-state index in [1.807, 2.05) is 12.5 Å². The van der Waals surface area contributed by atoms with E-state index in [0.29, 0.717) is 0 Å². The van der Waals surface area contributed by atoms with Crippen molar-refractivity contribution < 1.29 is 0 Å². The van der Waals surface area contributed by atoms with E-state index in [-0.39, 0.29) is 0 Å². The summed E-state index contributed by atoms with van der Waals surface area (Å²) >= 11 is 1.81. The second-order valence-corrected chi connectivity index (χ2v) is 7.22. The topological polar surface area (TPSA) is 54.2 Å². The van der Waals surface area contributed by atoms with Crippen LogP contribution in [-0.4, -0.2) is 22.6 Å². The lowest BCUT2D eigenvalue weighted by Gasteiger charge is -2.11. The molecule has 5 nitrogen and oxygen atoms in total. The van der Waals surface area contributed by atoms with Crippen molar-refractivity contribution in [3.8, 4) is 0 Å². The number of thiophene rings is 1. The van der Waals surface area contributed by atoms with Crippen LogP contribution in [0.4, 0.5) is 0 Å². The molecule has 0 unspecified atom stereocenters. The van der Waals surface area contributed by atoms with Crippen molar-refractivity contribution in [2.75, 3.05) is 7.05 Å². The Kier molecular flexibility index (Phi) is 5.85. The highest BCUT2D eigenvalue weighted by Gasteiger charge is 2.01. The first-order chi connectivity index (χ1) is 12.2. The fraction of sp³-hybridized carbons (Fsp3) is 0.263. The zero-order valence-corrected chi connectivity index (χ0v) is 15.4. The van der Waals surface area contributed by atoms with Crippen molar-refractivity contribution in [2.45, 2.75) is 26.6 Å². The number of aromatic nitrogens is 2. The van der Waals surface area contributed by atoms with E-state index in [4.69, 9.17) is 0 Å². The molecule has 0 amide bonds. The van der Waals surface area contributed by atoms with Gasteiger partial charge in [-0.3, -0.25) is 4.99 Å². The molecule has 2 heterocycles. The smallest absolute Gasteiger partial charge is 0.191 e. The summed E-state index contributed by atoms with van der Waals surface area (Å²) in [6, 6.07) is 12.9. The lowest BCUT2D eigenvalue weighted by atomic mass is 10.1. The number of nitrogens with one attached hydrogen (secondary N) is 2. The molecule has 0 fully saturated rings. The number of aliphatic imine (C=N–C) groups is 1. The minimum atomic E-state index is 0.745. The molecule has 0 spiro atoms. The van der Waals surface area contributed by atoms with Crippen molar-refractivity contribution in [3.63, 3.8) is 0 Å². The van der Waals surface area contributed by atoms with Gasteiger partial charge in [-0.15, -0.1) is 11.3 Å². The van der Waals surface area contributed by atoms with Crippen molar-refractivity contribution in [2.24, 2.45) is 4.99 Å². The summed E-state index contributed by atoms with van der Waals surface area (Å²) in [4.78, 5) is 11.0. The number of benzene rings is 1. The Bertz CT molecular complexity index is 803. The fourth-order valence-electron chi connectivity index (χ4n) is 2.51. The Hall–Kier alpha value is -2.60. The Morgan fingerprint density at radius 1 is 1.08 bits per heavy atom. The van der Waals surface area contributed by atoms with Crippen LogP contribution >= 0.6 is 11.3 Å². The van der Waals surface area contributed by atoms with Crippen molar-refractivity contribution >= 4 is 17.3 Å². The van der Waals surface area contributed by atoms with Crippen LogP contribution in [-0.2, 0) is 19.6 Å². The maximum Gasteiger partial charge on any atom is 0.191 e. The van der Waals surface area contributed by atoms with Gasteiger partial charge in [0.15, 0.2) is 5.96 Å². The molecule has 3 rings (SSSR count). The fourth-order valence-corrected chi connectivity index (χ4v) is 3.34. The van der Waals surface area contributed by atoms with Gasteiger partial charge >= 0.3 is 0 Å². The minimum absolute atomic E-state index is 0.745. The average Bonchev–Trinajstić information content (AvgIpc) is 3.28. The Labute approximate surface area is 152 Å². The Morgan fingerprint density at radius 3 is 2.48 bits per heavy atom. The SMILES string of the molecule is CN=C(NCc1ccc(Cn2ccnc2)cc1)NCc1ccc(C)s1. The number of aryl methyl sites for hydroxylation is 1. The Morgan fingerprint density at radius 2 is 1.84 bits per heavy atom. The predicted octanol–water partition coefficient (Wildman–Crippen LogP) is 3.17. The second-order valence-electron chi connectivity index (χ2n) is 5.84. The van der Waals surface area contributed by atoms with Crippen LogP contribution in [0, 0.1) is 6.92 Å². The summed E-state index contributed by atoms with van der Waals surface area (Å²) < 4.78 is 2.06. The molecular formula is C19H23N5S. The normalized spacial score (nSPS) is 11.5. The number of nitrogens with zero attached hydrogens (tertiary/aromatic N) is 3. The third-order valence-electron chi connectivity index (χ3n) is 3.86. The van der Waals surface area contributed by atoms with Crippen molar-refractivity contribution in [1.29, 1.82) is 0 Å². The molecule has 6 heteroatoms. The van der Waals surface area contributed by atoms with E-state index < -0.39 is 0 Å². The monoisotopic (exact) mass is 353 g/mol. The van der Waals surface area contributed by atoms with E-state index in [1.54, 1.807) is 24.6 Å². The molecule has 130 valence electrons. The highest BCUT2D eigenvalue weighted by Crippen LogP contribution is 2.14. The molecule has 3 aromatic rings. The largest absolute Gasteiger partial charge is 0.352 e. The van der Waals surface area contributed by atoms with Gasteiger partial charge in [-0.25, -0.2) is 4.98 Å². The maximum atomic E-state index is 4.28. The first-order valence-electron chi connectivity index (χ1n) is 8.26. The van der Waals surface area contributed by atoms with E-state index in [1.165, 1.54) is 20.9 Å². The van der Waals surface area contributed by atoms with Crippen LogP contribution in [0.25, 0.3) is 0 Å². The molecule has 0 bridgehead atoms. The highest BCUT2D eigenvalue weighted by molar-refractivity contribution is 7.11. The lowest BCUT2D eigenvalue weighted by molar-refractivity contribution is 0.793. The van der Waals surface area contributed by atoms with Gasteiger partial charge in [-0.05, 0) is 30.2 Å². The third-order valence-corrected chi connectivity index (χ3v) is 4.86. The van der Waals surface area contributed by atoms with Crippen molar-refractivity contribution in [1.82, 2.24) is 20.2 Å². The van der Waals surface area contributed by atoms with Crippen LogP contribution in [0.15, 0.2) is 60.1 Å². The van der Waals surface area contributed by atoms with Gasteiger partial charge in [0.1, 0.15) is 0 Å². The number of rotatable bonds is 6. The molecule has 0 saturated carbocycles. The predicted molar refractivity (Wildman–Crippen MR) is 104 cm³/mol. The molecule has 2 aromatic heterocycles. The molecule has 0 aliphatic heterocycles. The number of guanidine groups is 1. The molecule has 0 aliphatic carbocycles. The van der Waals surface area contributed by atoms with Gasteiger partial charge in [0, 0.05) is 42.3 Å². The minimum Gasteiger partial charge on any atom is -0.352 e. The molecule has 0 atom stereocenters. The lowest BCUT2D eigenvalue weighted by Crippen LogP contribution is -2.36. The summed E-state index contributed by atoms with van der Waals surface area (Å²) in [5.74, 6) is 0.813. The Balaban J connectivity index is 1.48. The molecule has 25 heavy (non-hydrogen) atoms. The van der Waals surface area contributed by atoms with Crippen molar-refractivity contribution in [3.05, 3.63) is 76.0 Å². The first-order valence-corrected chi connectivity index (χ1v) is 9.08. The number of imidazole rings is 1. The molecular weight excluding hydrogens is 330 g/mol.